The molecule has 0 aliphatic carbocycles. The van der Waals surface area contributed by atoms with E-state index in [-0.39, 0.29) is 5.56 Å². The Bertz CT molecular complexity index is 480. The van der Waals surface area contributed by atoms with E-state index in [1.54, 1.807) is 30.5 Å². The molecule has 0 unspecified atom stereocenters. The molecule has 0 amide bonds. The first kappa shape index (κ1) is 9.77. The summed E-state index contributed by atoms with van der Waals surface area (Å²) in [7, 11) is 0. The van der Waals surface area contributed by atoms with Gasteiger partial charge in [0.15, 0.2) is 11.6 Å². The van der Waals surface area contributed by atoms with E-state index >= 15 is 0 Å². The van der Waals surface area contributed by atoms with Crippen LogP contribution in [0, 0.1) is 18.6 Å². The van der Waals surface area contributed by atoms with E-state index in [9.17, 15) is 8.78 Å². The fourth-order valence-electron chi connectivity index (χ4n) is 1.39. The quantitative estimate of drug-likeness (QED) is 0.695. The van der Waals surface area contributed by atoms with Crippen molar-refractivity contribution < 1.29 is 8.78 Å². The first-order valence-corrected chi connectivity index (χ1v) is 4.55. The van der Waals surface area contributed by atoms with Crippen molar-refractivity contribution >= 4 is 0 Å². The van der Waals surface area contributed by atoms with Crippen LogP contribution in [0.15, 0.2) is 36.7 Å². The molecule has 76 valence electrons. The second kappa shape index (κ2) is 3.77. The van der Waals surface area contributed by atoms with Crippen molar-refractivity contribution in [2.75, 3.05) is 0 Å². The Morgan fingerprint density at radius 2 is 1.87 bits per heavy atom. The third-order valence-electron chi connectivity index (χ3n) is 2.25. The average Bonchev–Trinajstić information content (AvgIpc) is 2.27. The minimum atomic E-state index is -0.817. The first-order valence-electron chi connectivity index (χ1n) is 4.55. The highest BCUT2D eigenvalue weighted by atomic mass is 19.2. The first-order chi connectivity index (χ1) is 7.20. The van der Waals surface area contributed by atoms with Crippen LogP contribution in [0.4, 0.5) is 8.78 Å². The van der Waals surface area contributed by atoms with Crippen LogP contribution in [0.5, 0.6) is 0 Å². The summed E-state index contributed by atoms with van der Waals surface area (Å²) in [5, 5.41) is 0. The van der Waals surface area contributed by atoms with Gasteiger partial charge in [0.25, 0.3) is 0 Å². The van der Waals surface area contributed by atoms with Gasteiger partial charge < -0.3 is 0 Å². The van der Waals surface area contributed by atoms with Crippen LogP contribution in [0.25, 0.3) is 11.1 Å². The van der Waals surface area contributed by atoms with Crippen molar-refractivity contribution in [3.8, 4) is 11.1 Å². The lowest BCUT2D eigenvalue weighted by molar-refractivity contribution is 0.505. The number of hydrogen-bond donors (Lipinski definition) is 0. The summed E-state index contributed by atoms with van der Waals surface area (Å²) >= 11 is 0. The van der Waals surface area contributed by atoms with Gasteiger partial charge in [-0.05, 0) is 18.6 Å². The Kier molecular flexibility index (Phi) is 2.46. The summed E-state index contributed by atoms with van der Waals surface area (Å²) < 4.78 is 26.8. The Balaban J connectivity index is 2.60. The predicted octanol–water partition coefficient (Wildman–Crippen LogP) is 3.34. The Hall–Kier alpha value is -1.77. The van der Waals surface area contributed by atoms with Crippen molar-refractivity contribution in [2.24, 2.45) is 0 Å². The highest BCUT2D eigenvalue weighted by molar-refractivity contribution is 5.63. The highest BCUT2D eigenvalue weighted by Crippen LogP contribution is 2.25. The van der Waals surface area contributed by atoms with Gasteiger partial charge in [-0.25, -0.2) is 8.78 Å². The van der Waals surface area contributed by atoms with Gasteiger partial charge >= 0.3 is 0 Å². The summed E-state index contributed by atoms with van der Waals surface area (Å²) in [6.07, 6.45) is 3.10. The monoisotopic (exact) mass is 205 g/mol. The molecule has 2 aromatic rings. The topological polar surface area (TPSA) is 12.9 Å². The molecule has 1 heterocycles. The van der Waals surface area contributed by atoms with E-state index in [4.69, 9.17) is 0 Å². The SMILES string of the molecule is Cc1ccc(-c2cccnc2)c(F)c1F. The number of nitrogens with zero attached hydrogens (tertiary/aromatic N) is 1. The van der Waals surface area contributed by atoms with Gasteiger partial charge in [0.1, 0.15) is 0 Å². The minimum Gasteiger partial charge on any atom is -0.264 e. The van der Waals surface area contributed by atoms with Crippen molar-refractivity contribution in [1.29, 1.82) is 0 Å². The van der Waals surface area contributed by atoms with Crippen LogP contribution in [0.2, 0.25) is 0 Å². The number of aryl methyl sites for hydroxylation is 1. The molecule has 1 aromatic carbocycles. The van der Waals surface area contributed by atoms with E-state index in [1.807, 2.05) is 0 Å². The molecule has 0 atom stereocenters. The lowest BCUT2D eigenvalue weighted by atomic mass is 10.0. The third-order valence-corrected chi connectivity index (χ3v) is 2.25. The van der Waals surface area contributed by atoms with Gasteiger partial charge in [-0.15, -0.1) is 0 Å². The van der Waals surface area contributed by atoms with E-state index < -0.39 is 11.6 Å². The predicted molar refractivity (Wildman–Crippen MR) is 54.3 cm³/mol. The lowest BCUT2D eigenvalue weighted by Gasteiger charge is -2.05. The number of pyridine rings is 1. The largest absolute Gasteiger partial charge is 0.264 e. The molecule has 3 heteroatoms. The summed E-state index contributed by atoms with van der Waals surface area (Å²) in [6, 6.07) is 6.50. The molecule has 0 N–H and O–H groups in total. The average molecular weight is 205 g/mol. The fourth-order valence-corrected chi connectivity index (χ4v) is 1.39. The summed E-state index contributed by atoms with van der Waals surface area (Å²) in [6.45, 7) is 1.53. The van der Waals surface area contributed by atoms with E-state index in [0.29, 0.717) is 11.1 Å². The number of rotatable bonds is 1. The highest BCUT2D eigenvalue weighted by Gasteiger charge is 2.11. The van der Waals surface area contributed by atoms with Crippen molar-refractivity contribution in [3.63, 3.8) is 0 Å². The molecule has 2 rings (SSSR count). The van der Waals surface area contributed by atoms with Gasteiger partial charge in [-0.1, -0.05) is 18.2 Å². The van der Waals surface area contributed by atoms with Crippen LogP contribution in [0.1, 0.15) is 5.56 Å². The van der Waals surface area contributed by atoms with Gasteiger partial charge in [0, 0.05) is 23.5 Å². The summed E-state index contributed by atoms with van der Waals surface area (Å²) in [4.78, 5) is 3.87. The zero-order valence-electron chi connectivity index (χ0n) is 8.17. The maximum Gasteiger partial charge on any atom is 0.166 e. The molecule has 1 nitrogen and oxygen atoms in total. The molecule has 0 aliphatic rings. The number of aromatic nitrogens is 1. The number of halogens is 2. The molecule has 0 radical (unpaired) electrons. The van der Waals surface area contributed by atoms with Crippen LogP contribution in [-0.4, -0.2) is 4.98 Å². The second-order valence-electron chi connectivity index (χ2n) is 3.30. The number of hydrogen-bond acceptors (Lipinski definition) is 1. The fraction of sp³-hybridized carbons (Fsp3) is 0.0833. The van der Waals surface area contributed by atoms with E-state index in [2.05, 4.69) is 4.98 Å². The summed E-state index contributed by atoms with van der Waals surface area (Å²) in [5.74, 6) is -1.61. The van der Waals surface area contributed by atoms with Crippen LogP contribution < -0.4 is 0 Å². The molecule has 0 fully saturated rings. The molecule has 0 aliphatic heterocycles. The zero-order valence-corrected chi connectivity index (χ0v) is 8.17. The van der Waals surface area contributed by atoms with Gasteiger partial charge in [-0.3, -0.25) is 4.98 Å². The van der Waals surface area contributed by atoms with Gasteiger partial charge in [-0.2, -0.15) is 0 Å². The smallest absolute Gasteiger partial charge is 0.166 e. The molecule has 0 saturated carbocycles. The molecule has 0 spiro atoms. The molecular weight excluding hydrogens is 196 g/mol. The summed E-state index contributed by atoms with van der Waals surface area (Å²) in [5.41, 5.74) is 1.13. The van der Waals surface area contributed by atoms with E-state index in [0.717, 1.165) is 0 Å². The van der Waals surface area contributed by atoms with Crippen LogP contribution in [0.3, 0.4) is 0 Å². The number of benzene rings is 1. The minimum absolute atomic E-state index is 0.242. The maximum atomic E-state index is 13.5. The van der Waals surface area contributed by atoms with Gasteiger partial charge in [0.2, 0.25) is 0 Å². The molecular formula is C12H9F2N. The zero-order chi connectivity index (χ0) is 10.8. The van der Waals surface area contributed by atoms with Gasteiger partial charge in [0.05, 0.1) is 0 Å². The lowest BCUT2D eigenvalue weighted by Crippen LogP contribution is -1.93. The van der Waals surface area contributed by atoms with Crippen LogP contribution >= 0.6 is 0 Å². The molecule has 15 heavy (non-hydrogen) atoms. The Labute approximate surface area is 86.4 Å². The normalized spacial score (nSPS) is 10.3. The van der Waals surface area contributed by atoms with Crippen molar-refractivity contribution in [3.05, 3.63) is 53.9 Å². The Morgan fingerprint density at radius 3 is 2.53 bits per heavy atom. The van der Waals surface area contributed by atoms with Crippen molar-refractivity contribution in [1.82, 2.24) is 4.98 Å². The van der Waals surface area contributed by atoms with Crippen LogP contribution in [-0.2, 0) is 0 Å². The van der Waals surface area contributed by atoms with E-state index in [1.165, 1.54) is 13.1 Å². The molecule has 0 bridgehead atoms. The standard InChI is InChI=1S/C12H9F2N/c1-8-4-5-10(12(14)11(8)13)9-3-2-6-15-7-9/h2-7H,1H3. The Morgan fingerprint density at radius 1 is 1.07 bits per heavy atom. The molecule has 0 saturated heterocycles. The molecule has 1 aromatic heterocycles. The maximum absolute atomic E-state index is 13.5. The van der Waals surface area contributed by atoms with Crippen molar-refractivity contribution in [2.45, 2.75) is 6.92 Å². The second-order valence-corrected chi connectivity index (χ2v) is 3.30. The third kappa shape index (κ3) is 1.73.